The molecule has 2 aromatic rings. The number of rotatable bonds is 6. The van der Waals surface area contributed by atoms with Crippen molar-refractivity contribution in [3.63, 3.8) is 0 Å². The molecule has 25 heavy (non-hydrogen) atoms. The smallest absolute Gasteiger partial charge is 0.260 e. The predicted octanol–water partition coefficient (Wildman–Crippen LogP) is 3.07. The SMILES string of the molecule is COc1ccc(NC(=O)C[C@@H]2SC(Cc3nc(C)cs3)=NC2=O)cc1. The number of methoxy groups -OCH3 is 1. The van der Waals surface area contributed by atoms with Gasteiger partial charge in [-0.05, 0) is 31.2 Å². The number of nitrogens with one attached hydrogen (secondary N) is 1. The van der Waals surface area contributed by atoms with Crippen molar-refractivity contribution in [3.8, 4) is 5.75 Å². The van der Waals surface area contributed by atoms with Gasteiger partial charge in [-0.1, -0.05) is 11.8 Å². The van der Waals surface area contributed by atoms with Crippen molar-refractivity contribution in [1.82, 2.24) is 4.98 Å². The standard InChI is InChI=1S/C17H17N3O3S2/c1-10-9-24-15(18-10)8-16-20-17(22)13(25-16)7-14(21)19-11-3-5-12(23-2)6-4-11/h3-6,9,13H,7-8H2,1-2H3,(H,19,21)/t13-/m0/s1. The molecular formula is C17H17N3O3S2. The monoisotopic (exact) mass is 375 g/mol. The van der Waals surface area contributed by atoms with Gasteiger partial charge < -0.3 is 10.1 Å². The first-order valence-corrected chi connectivity index (χ1v) is 9.42. The molecule has 3 rings (SSSR count). The van der Waals surface area contributed by atoms with E-state index in [-0.39, 0.29) is 18.2 Å². The first-order valence-electron chi connectivity index (χ1n) is 7.66. The van der Waals surface area contributed by atoms with E-state index in [4.69, 9.17) is 4.74 Å². The molecule has 130 valence electrons. The maximum Gasteiger partial charge on any atom is 0.260 e. The van der Waals surface area contributed by atoms with Gasteiger partial charge >= 0.3 is 0 Å². The summed E-state index contributed by atoms with van der Waals surface area (Å²) in [4.78, 5) is 32.6. The molecule has 0 fully saturated rings. The fourth-order valence-electron chi connectivity index (χ4n) is 2.31. The van der Waals surface area contributed by atoms with Crippen LogP contribution in [0, 0.1) is 6.92 Å². The van der Waals surface area contributed by atoms with Crippen LogP contribution in [0.2, 0.25) is 0 Å². The van der Waals surface area contributed by atoms with Crippen molar-refractivity contribution in [1.29, 1.82) is 0 Å². The quantitative estimate of drug-likeness (QED) is 0.839. The topological polar surface area (TPSA) is 80.7 Å². The Morgan fingerprint density at radius 3 is 2.72 bits per heavy atom. The van der Waals surface area contributed by atoms with Crippen LogP contribution in [0.5, 0.6) is 5.75 Å². The highest BCUT2D eigenvalue weighted by Crippen LogP contribution is 2.28. The van der Waals surface area contributed by atoms with E-state index in [2.05, 4.69) is 15.3 Å². The fraction of sp³-hybridized carbons (Fsp3) is 0.294. The number of nitrogens with zero attached hydrogens (tertiary/aromatic N) is 2. The summed E-state index contributed by atoms with van der Waals surface area (Å²) >= 11 is 2.91. The van der Waals surface area contributed by atoms with Gasteiger partial charge in [-0.25, -0.2) is 9.98 Å². The average Bonchev–Trinajstić information content (AvgIpc) is 3.14. The van der Waals surface area contributed by atoms with Gasteiger partial charge in [0.15, 0.2) is 0 Å². The lowest BCUT2D eigenvalue weighted by molar-refractivity contribution is -0.121. The summed E-state index contributed by atoms with van der Waals surface area (Å²) in [6.45, 7) is 1.93. The highest BCUT2D eigenvalue weighted by atomic mass is 32.2. The summed E-state index contributed by atoms with van der Waals surface area (Å²) in [7, 11) is 1.58. The minimum atomic E-state index is -0.464. The molecule has 6 nitrogen and oxygen atoms in total. The number of carbonyl (C=O) groups is 2. The Kier molecular flexibility index (Phi) is 5.50. The zero-order chi connectivity index (χ0) is 17.8. The molecule has 1 aliphatic rings. The molecule has 0 radical (unpaired) electrons. The Labute approximate surface area is 153 Å². The number of hydrogen-bond donors (Lipinski definition) is 1. The van der Waals surface area contributed by atoms with Crippen molar-refractivity contribution >= 4 is 45.6 Å². The lowest BCUT2D eigenvalue weighted by atomic mass is 10.2. The van der Waals surface area contributed by atoms with Crippen molar-refractivity contribution in [2.45, 2.75) is 25.0 Å². The van der Waals surface area contributed by atoms with E-state index in [9.17, 15) is 9.59 Å². The van der Waals surface area contributed by atoms with Gasteiger partial charge in [0.1, 0.15) is 11.0 Å². The Bertz CT molecular complexity index is 815. The van der Waals surface area contributed by atoms with Gasteiger partial charge in [0.05, 0.1) is 17.2 Å². The second kappa shape index (κ2) is 7.79. The van der Waals surface area contributed by atoms with E-state index in [1.807, 2.05) is 12.3 Å². The number of carbonyl (C=O) groups excluding carboxylic acids is 2. The van der Waals surface area contributed by atoms with Crippen LogP contribution < -0.4 is 10.1 Å². The van der Waals surface area contributed by atoms with Crippen LogP contribution in [0.1, 0.15) is 17.1 Å². The molecule has 0 unspecified atom stereocenters. The maximum atomic E-state index is 12.2. The summed E-state index contributed by atoms with van der Waals surface area (Å²) < 4.78 is 5.08. The summed E-state index contributed by atoms with van der Waals surface area (Å²) in [5.74, 6) is 0.255. The van der Waals surface area contributed by atoms with Crippen LogP contribution in [0.15, 0.2) is 34.6 Å². The van der Waals surface area contributed by atoms with Crippen molar-refractivity contribution in [2.24, 2.45) is 4.99 Å². The fourth-order valence-corrected chi connectivity index (χ4v) is 4.26. The number of thioether (sulfide) groups is 1. The Balaban J connectivity index is 1.52. The Morgan fingerprint density at radius 1 is 1.32 bits per heavy atom. The molecule has 2 amide bonds. The van der Waals surface area contributed by atoms with Crippen molar-refractivity contribution < 1.29 is 14.3 Å². The highest BCUT2D eigenvalue weighted by Gasteiger charge is 2.30. The molecule has 0 saturated carbocycles. The largest absolute Gasteiger partial charge is 0.497 e. The minimum absolute atomic E-state index is 0.0967. The molecule has 8 heteroatoms. The zero-order valence-corrected chi connectivity index (χ0v) is 15.4. The van der Waals surface area contributed by atoms with E-state index in [1.165, 1.54) is 11.8 Å². The lowest BCUT2D eigenvalue weighted by Crippen LogP contribution is -2.21. The summed E-state index contributed by atoms with van der Waals surface area (Å²) in [5, 5.41) is 5.95. The number of benzene rings is 1. The first kappa shape index (κ1) is 17.6. The molecule has 1 aliphatic heterocycles. The normalized spacial score (nSPS) is 16.6. The predicted molar refractivity (Wildman–Crippen MR) is 101 cm³/mol. The van der Waals surface area contributed by atoms with Gasteiger partial charge in [0, 0.05) is 29.6 Å². The summed E-state index contributed by atoms with van der Waals surface area (Å²) in [5.41, 5.74) is 1.63. The number of anilines is 1. The van der Waals surface area contributed by atoms with E-state index < -0.39 is 5.25 Å². The van der Waals surface area contributed by atoms with Crippen LogP contribution in [0.4, 0.5) is 5.69 Å². The molecule has 2 heterocycles. The second-order valence-electron chi connectivity index (χ2n) is 5.49. The number of aliphatic imine (C=N–C) groups is 1. The minimum Gasteiger partial charge on any atom is -0.497 e. The van der Waals surface area contributed by atoms with Gasteiger partial charge in [0.2, 0.25) is 5.91 Å². The van der Waals surface area contributed by atoms with Crippen LogP contribution in [-0.4, -0.2) is 34.2 Å². The van der Waals surface area contributed by atoms with E-state index in [0.717, 1.165) is 21.5 Å². The van der Waals surface area contributed by atoms with Crippen LogP contribution in [0.25, 0.3) is 0 Å². The van der Waals surface area contributed by atoms with Crippen molar-refractivity contribution in [3.05, 3.63) is 40.3 Å². The third-order valence-corrected chi connectivity index (χ3v) is 5.63. The zero-order valence-electron chi connectivity index (χ0n) is 13.8. The van der Waals surface area contributed by atoms with Gasteiger partial charge in [-0.15, -0.1) is 11.3 Å². The molecule has 1 aromatic carbocycles. The summed E-state index contributed by atoms with van der Waals surface area (Å²) in [6, 6.07) is 7.05. The van der Waals surface area contributed by atoms with Gasteiger partial charge in [0.25, 0.3) is 5.91 Å². The van der Waals surface area contributed by atoms with Crippen LogP contribution >= 0.6 is 23.1 Å². The lowest BCUT2D eigenvalue weighted by Gasteiger charge is -2.09. The molecule has 0 saturated heterocycles. The number of aryl methyl sites for hydroxylation is 1. The summed E-state index contributed by atoms with van der Waals surface area (Å²) in [6.07, 6.45) is 0.644. The van der Waals surface area contributed by atoms with Gasteiger partial charge in [-0.2, -0.15) is 0 Å². The molecule has 1 atom stereocenters. The van der Waals surface area contributed by atoms with E-state index >= 15 is 0 Å². The molecule has 0 bridgehead atoms. The molecule has 1 N–H and O–H groups in total. The Morgan fingerprint density at radius 2 is 2.08 bits per heavy atom. The molecular weight excluding hydrogens is 358 g/mol. The Hall–Kier alpha value is -2.19. The first-order chi connectivity index (χ1) is 12.0. The molecule has 0 spiro atoms. The molecule has 1 aromatic heterocycles. The third-order valence-electron chi connectivity index (χ3n) is 3.50. The number of thiazole rings is 1. The number of amides is 2. The van der Waals surface area contributed by atoms with Crippen LogP contribution in [0.3, 0.4) is 0 Å². The number of ether oxygens (including phenoxy) is 1. The molecule has 0 aliphatic carbocycles. The highest BCUT2D eigenvalue weighted by molar-refractivity contribution is 8.15. The number of hydrogen-bond acceptors (Lipinski definition) is 6. The van der Waals surface area contributed by atoms with E-state index in [1.54, 1.807) is 42.7 Å². The van der Waals surface area contributed by atoms with Gasteiger partial charge in [-0.3, -0.25) is 9.59 Å². The maximum absolute atomic E-state index is 12.2. The average molecular weight is 375 g/mol. The third kappa shape index (κ3) is 4.67. The van der Waals surface area contributed by atoms with E-state index in [0.29, 0.717) is 12.1 Å². The van der Waals surface area contributed by atoms with Crippen LogP contribution in [-0.2, 0) is 16.0 Å². The number of aromatic nitrogens is 1. The van der Waals surface area contributed by atoms with Crippen molar-refractivity contribution in [2.75, 3.05) is 12.4 Å². The second-order valence-corrected chi connectivity index (χ2v) is 7.71.